The number of hydrogen-bond acceptors (Lipinski definition) is 8. The highest BCUT2D eigenvalue weighted by atomic mass is 16.6. The predicted molar refractivity (Wildman–Crippen MR) is 129 cm³/mol. The first-order chi connectivity index (χ1) is 16.9. The maximum Gasteiger partial charge on any atom is 0.493 e. The lowest BCUT2D eigenvalue weighted by Crippen LogP contribution is -2.45. The van der Waals surface area contributed by atoms with Crippen molar-refractivity contribution >= 4 is 30.6 Å². The van der Waals surface area contributed by atoms with Gasteiger partial charge in [-0.2, -0.15) is 0 Å². The van der Waals surface area contributed by atoms with Crippen molar-refractivity contribution in [2.45, 2.75) is 31.6 Å². The number of aliphatic hydroxyl groups is 1. The lowest BCUT2D eigenvalue weighted by Gasteiger charge is -2.18. The Hall–Kier alpha value is -3.41. The lowest BCUT2D eigenvalue weighted by molar-refractivity contribution is -0.145. The number of alkyl carbamates (subject to hydrolysis) is 1. The van der Waals surface area contributed by atoms with Gasteiger partial charge >= 0.3 is 19.2 Å². The van der Waals surface area contributed by atoms with E-state index in [2.05, 4.69) is 10.6 Å². The standard InChI is InChI=1S/C24H31BN2O8/c1-32-23(30)21(13-17-9-11-19(12-10-17)25(33-2)34-3)27-22(29)14-20(28)15-26-24(31)35-16-18-7-5-4-6-8-18/h4-12,20-21,28H,13-16H2,1-3H3,(H,26,31)(H,27,29)/t20-,21+/m1/s1. The smallest absolute Gasteiger partial charge is 0.467 e. The maximum absolute atomic E-state index is 12.4. The Labute approximate surface area is 205 Å². The molecule has 0 aliphatic heterocycles. The number of aliphatic hydroxyl groups excluding tert-OH is 1. The summed E-state index contributed by atoms with van der Waals surface area (Å²) in [6.07, 6.45) is -2.02. The molecule has 11 heteroatoms. The number of benzene rings is 2. The number of carbonyl (C=O) groups excluding carboxylic acids is 3. The van der Waals surface area contributed by atoms with Crippen molar-refractivity contribution in [3.8, 4) is 0 Å². The van der Waals surface area contributed by atoms with E-state index in [-0.39, 0.29) is 26.0 Å². The predicted octanol–water partition coefficient (Wildman–Crippen LogP) is 0.552. The van der Waals surface area contributed by atoms with Crippen LogP contribution in [0.1, 0.15) is 17.5 Å². The highest BCUT2D eigenvalue weighted by molar-refractivity contribution is 6.61. The lowest BCUT2D eigenvalue weighted by atomic mass is 9.78. The van der Waals surface area contributed by atoms with Gasteiger partial charge in [-0.25, -0.2) is 9.59 Å². The summed E-state index contributed by atoms with van der Waals surface area (Å²) in [7, 11) is 3.78. The van der Waals surface area contributed by atoms with Gasteiger partial charge in [-0.15, -0.1) is 0 Å². The summed E-state index contributed by atoms with van der Waals surface area (Å²) < 4.78 is 20.3. The van der Waals surface area contributed by atoms with Crippen LogP contribution in [0.25, 0.3) is 0 Å². The van der Waals surface area contributed by atoms with Crippen LogP contribution in [0.5, 0.6) is 0 Å². The van der Waals surface area contributed by atoms with Crippen LogP contribution in [-0.4, -0.2) is 70.2 Å². The van der Waals surface area contributed by atoms with Crippen LogP contribution < -0.4 is 16.1 Å². The fraction of sp³-hybridized carbons (Fsp3) is 0.375. The summed E-state index contributed by atoms with van der Waals surface area (Å²) in [5, 5.41) is 15.1. The first-order valence-corrected chi connectivity index (χ1v) is 11.0. The topological polar surface area (TPSA) is 132 Å². The van der Waals surface area contributed by atoms with Crippen LogP contribution in [-0.2, 0) is 41.4 Å². The largest absolute Gasteiger partial charge is 0.493 e. The van der Waals surface area contributed by atoms with E-state index in [1.807, 2.05) is 30.3 Å². The Kier molecular flexibility index (Phi) is 11.7. The van der Waals surface area contributed by atoms with E-state index in [1.54, 1.807) is 24.3 Å². The van der Waals surface area contributed by atoms with Crippen LogP contribution in [0.4, 0.5) is 4.79 Å². The Morgan fingerprint density at radius 2 is 1.60 bits per heavy atom. The van der Waals surface area contributed by atoms with Crippen molar-refractivity contribution < 1.29 is 38.3 Å². The van der Waals surface area contributed by atoms with Crippen molar-refractivity contribution in [3.63, 3.8) is 0 Å². The van der Waals surface area contributed by atoms with Crippen molar-refractivity contribution in [2.24, 2.45) is 0 Å². The molecular formula is C24H31BN2O8. The molecule has 0 fully saturated rings. The van der Waals surface area contributed by atoms with Gasteiger partial charge in [0.2, 0.25) is 5.91 Å². The molecule has 35 heavy (non-hydrogen) atoms. The first-order valence-electron chi connectivity index (χ1n) is 11.0. The molecular weight excluding hydrogens is 455 g/mol. The molecule has 0 aliphatic carbocycles. The van der Waals surface area contributed by atoms with E-state index in [4.69, 9.17) is 18.8 Å². The zero-order chi connectivity index (χ0) is 25.6. The SMILES string of the molecule is COB(OC)c1ccc(C[C@H](NC(=O)C[C@@H](O)CNC(=O)OCc2ccccc2)C(=O)OC)cc1. The van der Waals surface area contributed by atoms with Crippen molar-refractivity contribution in [3.05, 3.63) is 65.7 Å². The van der Waals surface area contributed by atoms with Gasteiger partial charge in [0, 0.05) is 27.2 Å². The molecule has 0 spiro atoms. The molecule has 188 valence electrons. The fourth-order valence-electron chi connectivity index (χ4n) is 3.27. The fourth-order valence-corrected chi connectivity index (χ4v) is 3.27. The Morgan fingerprint density at radius 3 is 2.20 bits per heavy atom. The summed E-state index contributed by atoms with van der Waals surface area (Å²) in [5.41, 5.74) is 2.40. The zero-order valence-electron chi connectivity index (χ0n) is 20.1. The van der Waals surface area contributed by atoms with Crippen molar-refractivity contribution in [1.29, 1.82) is 0 Å². The second kappa shape index (κ2) is 14.8. The van der Waals surface area contributed by atoms with Crippen molar-refractivity contribution in [1.82, 2.24) is 10.6 Å². The van der Waals surface area contributed by atoms with Gasteiger partial charge in [-0.3, -0.25) is 4.79 Å². The molecule has 0 aliphatic rings. The van der Waals surface area contributed by atoms with Gasteiger partial charge in [0.25, 0.3) is 0 Å². The van der Waals surface area contributed by atoms with E-state index in [1.165, 1.54) is 21.3 Å². The highest BCUT2D eigenvalue weighted by Gasteiger charge is 2.24. The summed E-state index contributed by atoms with van der Waals surface area (Å²) in [5.74, 6) is -1.19. The summed E-state index contributed by atoms with van der Waals surface area (Å²) >= 11 is 0. The number of methoxy groups -OCH3 is 1. The normalized spacial score (nSPS) is 12.2. The van der Waals surface area contributed by atoms with Gasteiger partial charge in [0.05, 0.1) is 19.6 Å². The molecule has 10 nitrogen and oxygen atoms in total. The van der Waals surface area contributed by atoms with E-state index < -0.39 is 37.2 Å². The molecule has 2 atom stereocenters. The summed E-state index contributed by atoms with van der Waals surface area (Å²) in [6.45, 7) is -0.103. The number of hydrogen-bond donors (Lipinski definition) is 3. The van der Waals surface area contributed by atoms with E-state index in [0.717, 1.165) is 16.6 Å². The molecule has 3 N–H and O–H groups in total. The summed E-state index contributed by atoms with van der Waals surface area (Å²) in [4.78, 5) is 36.4. The molecule has 2 amide bonds. The van der Waals surface area contributed by atoms with Gasteiger partial charge < -0.3 is 34.5 Å². The average molecular weight is 486 g/mol. The molecule has 0 saturated carbocycles. The molecule has 0 saturated heterocycles. The van der Waals surface area contributed by atoms with Crippen LogP contribution in [0.3, 0.4) is 0 Å². The minimum absolute atomic E-state index is 0.0859. The minimum atomic E-state index is -1.17. The molecule has 0 aromatic heterocycles. The quantitative estimate of drug-likeness (QED) is 0.276. The third kappa shape index (κ3) is 9.77. The molecule has 0 radical (unpaired) electrons. The number of rotatable bonds is 13. The maximum atomic E-state index is 12.4. The third-order valence-corrected chi connectivity index (χ3v) is 5.06. The highest BCUT2D eigenvalue weighted by Crippen LogP contribution is 2.06. The first kappa shape index (κ1) is 27.8. The van der Waals surface area contributed by atoms with Crippen molar-refractivity contribution in [2.75, 3.05) is 27.9 Å². The van der Waals surface area contributed by atoms with Crippen LogP contribution in [0, 0.1) is 0 Å². The number of amides is 2. The van der Waals surface area contributed by atoms with Crippen LogP contribution >= 0.6 is 0 Å². The molecule has 0 bridgehead atoms. The van der Waals surface area contributed by atoms with E-state index >= 15 is 0 Å². The van der Waals surface area contributed by atoms with Gasteiger partial charge in [0.15, 0.2) is 0 Å². The Morgan fingerprint density at radius 1 is 0.943 bits per heavy atom. The average Bonchev–Trinajstić information content (AvgIpc) is 2.87. The van der Waals surface area contributed by atoms with Gasteiger partial charge in [0.1, 0.15) is 12.6 Å². The minimum Gasteiger partial charge on any atom is -0.467 e. The number of nitrogens with one attached hydrogen (secondary N) is 2. The molecule has 2 rings (SSSR count). The number of ether oxygens (including phenoxy) is 2. The Balaban J connectivity index is 1.82. The second-order valence-corrected chi connectivity index (χ2v) is 7.69. The second-order valence-electron chi connectivity index (χ2n) is 7.69. The molecule has 0 heterocycles. The summed E-state index contributed by atoms with van der Waals surface area (Å²) in [6, 6.07) is 15.4. The molecule has 0 unspecified atom stereocenters. The molecule has 2 aromatic carbocycles. The number of esters is 1. The van der Waals surface area contributed by atoms with Crippen LogP contribution in [0.15, 0.2) is 54.6 Å². The Bertz CT molecular complexity index is 938. The van der Waals surface area contributed by atoms with E-state index in [9.17, 15) is 19.5 Å². The number of carbonyl (C=O) groups is 3. The van der Waals surface area contributed by atoms with Gasteiger partial charge in [-0.1, -0.05) is 54.6 Å². The van der Waals surface area contributed by atoms with Crippen LogP contribution in [0.2, 0.25) is 0 Å². The zero-order valence-corrected chi connectivity index (χ0v) is 20.1. The van der Waals surface area contributed by atoms with Gasteiger partial charge in [-0.05, 0) is 16.6 Å². The third-order valence-electron chi connectivity index (χ3n) is 5.06. The monoisotopic (exact) mass is 486 g/mol. The van der Waals surface area contributed by atoms with E-state index in [0.29, 0.717) is 0 Å². The molecule has 2 aromatic rings.